The van der Waals surface area contributed by atoms with Crippen molar-refractivity contribution in [2.75, 3.05) is 19.7 Å². The van der Waals surface area contributed by atoms with Crippen molar-refractivity contribution < 1.29 is 29.0 Å². The number of hydrogen-bond acceptors (Lipinski definition) is 5. The molecule has 0 aromatic heterocycles. The molecule has 0 radical (unpaired) electrons. The number of esters is 1. The molecule has 24 heavy (non-hydrogen) atoms. The summed E-state index contributed by atoms with van der Waals surface area (Å²) in [6.45, 7) is 4.95. The molecule has 2 N–H and O–H groups in total. The van der Waals surface area contributed by atoms with Crippen LogP contribution in [0.15, 0.2) is 0 Å². The molecular weight excluding hydrogens is 316 g/mol. The number of carboxylic acid groups (broad SMARTS) is 1. The van der Waals surface area contributed by atoms with Crippen LogP contribution in [0.2, 0.25) is 0 Å². The molecule has 1 aliphatic rings. The van der Waals surface area contributed by atoms with E-state index in [4.69, 9.17) is 9.84 Å². The van der Waals surface area contributed by atoms with Crippen LogP contribution in [0.3, 0.4) is 0 Å². The summed E-state index contributed by atoms with van der Waals surface area (Å²) < 4.78 is 5.11. The maximum absolute atomic E-state index is 12.2. The first-order valence-electron chi connectivity index (χ1n) is 8.26. The van der Waals surface area contributed by atoms with E-state index in [1.165, 1.54) is 4.90 Å². The average molecular weight is 342 g/mol. The zero-order valence-corrected chi connectivity index (χ0v) is 14.2. The number of carbonyl (C=O) groups is 4. The fourth-order valence-corrected chi connectivity index (χ4v) is 2.38. The first kappa shape index (κ1) is 19.9. The minimum atomic E-state index is -0.968. The first-order valence-corrected chi connectivity index (χ1v) is 8.26. The Morgan fingerprint density at radius 2 is 2.04 bits per heavy atom. The lowest BCUT2D eigenvalue weighted by atomic mass is 10.1. The second-order valence-electron chi connectivity index (χ2n) is 6.25. The monoisotopic (exact) mass is 342 g/mol. The van der Waals surface area contributed by atoms with E-state index >= 15 is 0 Å². The lowest BCUT2D eigenvalue weighted by Crippen LogP contribution is -2.57. The maximum Gasteiger partial charge on any atom is 0.308 e. The highest BCUT2D eigenvalue weighted by Crippen LogP contribution is 2.13. The number of piperazine rings is 1. The highest BCUT2D eigenvalue weighted by Gasteiger charge is 2.34. The predicted octanol–water partition coefficient (Wildman–Crippen LogP) is 0.548. The molecule has 0 saturated carbocycles. The zero-order chi connectivity index (χ0) is 18.1. The summed E-state index contributed by atoms with van der Waals surface area (Å²) in [4.78, 5) is 48.0. The van der Waals surface area contributed by atoms with Gasteiger partial charge in [0.15, 0.2) is 0 Å². The largest absolute Gasteiger partial charge is 0.481 e. The molecule has 8 nitrogen and oxygen atoms in total. The van der Waals surface area contributed by atoms with Gasteiger partial charge >= 0.3 is 11.9 Å². The molecule has 1 heterocycles. The van der Waals surface area contributed by atoms with Crippen molar-refractivity contribution in [3.63, 3.8) is 0 Å². The Hall–Kier alpha value is -2.12. The molecule has 0 spiro atoms. The Labute approximate surface area is 141 Å². The van der Waals surface area contributed by atoms with E-state index in [9.17, 15) is 19.2 Å². The summed E-state index contributed by atoms with van der Waals surface area (Å²) in [6, 6.07) is -0.886. The van der Waals surface area contributed by atoms with Crippen molar-refractivity contribution >= 4 is 23.8 Å². The molecule has 1 unspecified atom stereocenters. The molecule has 136 valence electrons. The summed E-state index contributed by atoms with van der Waals surface area (Å²) in [7, 11) is 0. The number of hydrogen-bond donors (Lipinski definition) is 2. The molecule has 0 bridgehead atoms. The van der Waals surface area contributed by atoms with Crippen molar-refractivity contribution in [2.45, 2.75) is 52.0 Å². The lowest BCUT2D eigenvalue weighted by molar-refractivity contribution is -0.152. The highest BCUT2D eigenvalue weighted by molar-refractivity contribution is 5.92. The number of nitrogens with zero attached hydrogens (tertiary/aromatic N) is 1. The molecule has 8 heteroatoms. The Bertz CT molecular complexity index is 477. The molecule has 1 rings (SSSR count). The van der Waals surface area contributed by atoms with Crippen LogP contribution in [0.25, 0.3) is 0 Å². The molecule has 1 saturated heterocycles. The second-order valence-corrected chi connectivity index (χ2v) is 6.25. The number of nitrogens with one attached hydrogen (secondary N) is 1. The quantitative estimate of drug-likeness (QED) is 0.592. The maximum atomic E-state index is 12.2. The molecule has 1 aliphatic heterocycles. The number of ether oxygens (including phenoxy) is 1. The van der Waals surface area contributed by atoms with Crippen LogP contribution in [0.4, 0.5) is 0 Å². The fourth-order valence-electron chi connectivity index (χ4n) is 2.38. The van der Waals surface area contributed by atoms with E-state index in [1.807, 2.05) is 13.8 Å². The molecular formula is C16H26N2O6. The van der Waals surface area contributed by atoms with E-state index in [-0.39, 0.29) is 44.1 Å². The van der Waals surface area contributed by atoms with Crippen LogP contribution in [-0.4, -0.2) is 59.5 Å². The van der Waals surface area contributed by atoms with Gasteiger partial charge in [-0.3, -0.25) is 19.2 Å². The Balaban J connectivity index is 2.55. The molecule has 2 amide bonds. The molecule has 0 aromatic rings. The van der Waals surface area contributed by atoms with Gasteiger partial charge in [-0.1, -0.05) is 13.8 Å². The van der Waals surface area contributed by atoms with Gasteiger partial charge in [0.05, 0.1) is 13.0 Å². The van der Waals surface area contributed by atoms with Gasteiger partial charge < -0.3 is 20.1 Å². The second kappa shape index (κ2) is 9.89. The van der Waals surface area contributed by atoms with Crippen molar-refractivity contribution in [2.24, 2.45) is 5.92 Å². The summed E-state index contributed by atoms with van der Waals surface area (Å²) in [5.74, 6) is -1.77. The molecule has 0 aromatic carbocycles. The third kappa shape index (κ3) is 6.97. The Morgan fingerprint density at radius 1 is 1.33 bits per heavy atom. The fraction of sp³-hybridized carbons (Fsp3) is 0.750. The van der Waals surface area contributed by atoms with E-state index in [0.717, 1.165) is 6.42 Å². The average Bonchev–Trinajstić information content (AvgIpc) is 2.48. The van der Waals surface area contributed by atoms with Gasteiger partial charge in [-0.05, 0) is 18.8 Å². The lowest BCUT2D eigenvalue weighted by Gasteiger charge is -2.34. The smallest absolute Gasteiger partial charge is 0.308 e. The Kier molecular flexibility index (Phi) is 8.21. The van der Waals surface area contributed by atoms with Gasteiger partial charge in [0.2, 0.25) is 11.8 Å². The highest BCUT2D eigenvalue weighted by atomic mass is 16.5. The van der Waals surface area contributed by atoms with E-state index < -0.39 is 18.0 Å². The van der Waals surface area contributed by atoms with E-state index in [1.54, 1.807) is 0 Å². The third-order valence-electron chi connectivity index (χ3n) is 3.75. The minimum absolute atomic E-state index is 0.0402. The van der Waals surface area contributed by atoms with Crippen molar-refractivity contribution in [3.8, 4) is 0 Å². The Morgan fingerprint density at radius 3 is 2.67 bits per heavy atom. The molecule has 0 aliphatic carbocycles. The van der Waals surface area contributed by atoms with Crippen LogP contribution in [-0.2, 0) is 23.9 Å². The number of aliphatic carboxylic acids is 1. The number of carboxylic acids is 1. The van der Waals surface area contributed by atoms with Crippen LogP contribution >= 0.6 is 0 Å². The predicted molar refractivity (Wildman–Crippen MR) is 85.0 cm³/mol. The number of amides is 2. The summed E-state index contributed by atoms with van der Waals surface area (Å²) in [6.07, 6.45) is 0.693. The van der Waals surface area contributed by atoms with Crippen LogP contribution in [0, 0.1) is 5.92 Å². The number of carbonyl (C=O) groups excluding carboxylic acids is 3. The van der Waals surface area contributed by atoms with Gasteiger partial charge in [-0.15, -0.1) is 0 Å². The summed E-state index contributed by atoms with van der Waals surface area (Å²) in [5.41, 5.74) is 0. The van der Waals surface area contributed by atoms with Crippen LogP contribution in [0.5, 0.6) is 0 Å². The van der Waals surface area contributed by atoms with Gasteiger partial charge in [-0.2, -0.15) is 0 Å². The molecule has 1 atom stereocenters. The standard InChI is InChI=1S/C16H26N2O6/c1-11(2)6-9-24-15(22)10-12-16(23)17-7-8-18(12)13(19)4-3-5-14(20)21/h11-12H,3-10H2,1-2H3,(H,17,23)(H,20,21). The van der Waals surface area contributed by atoms with Crippen LogP contribution in [0.1, 0.15) is 46.0 Å². The zero-order valence-electron chi connectivity index (χ0n) is 14.2. The van der Waals surface area contributed by atoms with Crippen molar-refractivity contribution in [3.05, 3.63) is 0 Å². The summed E-state index contributed by atoms with van der Waals surface area (Å²) in [5, 5.41) is 11.3. The third-order valence-corrected chi connectivity index (χ3v) is 3.75. The van der Waals surface area contributed by atoms with E-state index in [2.05, 4.69) is 5.32 Å². The molecule has 1 fully saturated rings. The van der Waals surface area contributed by atoms with Gasteiger partial charge in [0.25, 0.3) is 0 Å². The first-order chi connectivity index (χ1) is 11.3. The van der Waals surface area contributed by atoms with Gasteiger partial charge in [-0.25, -0.2) is 0 Å². The minimum Gasteiger partial charge on any atom is -0.481 e. The normalized spacial score (nSPS) is 17.5. The van der Waals surface area contributed by atoms with Gasteiger partial charge in [0, 0.05) is 25.9 Å². The summed E-state index contributed by atoms with van der Waals surface area (Å²) >= 11 is 0. The topological polar surface area (TPSA) is 113 Å². The van der Waals surface area contributed by atoms with E-state index in [0.29, 0.717) is 19.0 Å². The van der Waals surface area contributed by atoms with Crippen LogP contribution < -0.4 is 5.32 Å². The number of rotatable bonds is 9. The van der Waals surface area contributed by atoms with Crippen molar-refractivity contribution in [1.82, 2.24) is 10.2 Å². The van der Waals surface area contributed by atoms with Crippen molar-refractivity contribution in [1.29, 1.82) is 0 Å². The SMILES string of the molecule is CC(C)CCOC(=O)CC1C(=O)NCCN1C(=O)CCCC(=O)O. The van der Waals surface area contributed by atoms with Gasteiger partial charge in [0.1, 0.15) is 6.04 Å².